The summed E-state index contributed by atoms with van der Waals surface area (Å²) in [5, 5.41) is 11.6. The van der Waals surface area contributed by atoms with Crippen LogP contribution in [-0.2, 0) is 7.05 Å². The summed E-state index contributed by atoms with van der Waals surface area (Å²) in [6.45, 7) is 1.93. The third-order valence-corrected chi connectivity index (χ3v) is 3.64. The maximum absolute atomic E-state index is 12.3. The van der Waals surface area contributed by atoms with Gasteiger partial charge in [0.1, 0.15) is 5.82 Å². The molecule has 0 saturated carbocycles. The number of nitrogens with one attached hydrogen (secondary N) is 1. The summed E-state index contributed by atoms with van der Waals surface area (Å²) in [4.78, 5) is 16.7. The molecule has 5 heteroatoms. The maximum Gasteiger partial charge on any atom is 0.255 e. The van der Waals surface area contributed by atoms with Crippen LogP contribution in [0.5, 0.6) is 0 Å². The third kappa shape index (κ3) is 2.42. The number of amides is 1. The van der Waals surface area contributed by atoms with Gasteiger partial charge in [0, 0.05) is 18.3 Å². The molecule has 0 spiro atoms. The molecule has 3 aromatic rings. The molecule has 0 saturated heterocycles. The molecule has 0 unspecified atom stereocenters. The number of imidazole rings is 1. The van der Waals surface area contributed by atoms with Crippen molar-refractivity contribution in [1.82, 2.24) is 9.55 Å². The highest BCUT2D eigenvalue weighted by Crippen LogP contribution is 2.18. The van der Waals surface area contributed by atoms with Gasteiger partial charge in [-0.1, -0.05) is 0 Å². The summed E-state index contributed by atoms with van der Waals surface area (Å²) in [7, 11) is 1.95. The van der Waals surface area contributed by atoms with Crippen LogP contribution in [0.3, 0.4) is 0 Å². The molecule has 3 rings (SSSR count). The molecule has 1 N–H and O–H groups in total. The lowest BCUT2D eigenvalue weighted by atomic mass is 10.1. The number of nitriles is 1. The van der Waals surface area contributed by atoms with Crippen LogP contribution in [0.25, 0.3) is 11.0 Å². The number of anilines is 1. The number of nitrogens with zero attached hydrogens (tertiary/aromatic N) is 3. The first-order valence-electron chi connectivity index (χ1n) is 6.83. The zero-order chi connectivity index (χ0) is 15.7. The van der Waals surface area contributed by atoms with E-state index in [9.17, 15) is 4.79 Å². The van der Waals surface area contributed by atoms with Crippen molar-refractivity contribution < 1.29 is 4.79 Å². The lowest BCUT2D eigenvalue weighted by molar-refractivity contribution is 0.102. The van der Waals surface area contributed by atoms with Gasteiger partial charge in [0.05, 0.1) is 22.7 Å². The zero-order valence-electron chi connectivity index (χ0n) is 12.3. The maximum atomic E-state index is 12.3. The SMILES string of the molecule is Cc1nc2cc(C(=O)Nc3ccc(C#N)cc3)ccc2n1C. The van der Waals surface area contributed by atoms with Crippen molar-refractivity contribution in [2.75, 3.05) is 5.32 Å². The van der Waals surface area contributed by atoms with E-state index in [1.807, 2.05) is 30.7 Å². The lowest BCUT2D eigenvalue weighted by Crippen LogP contribution is -2.11. The predicted molar refractivity (Wildman–Crippen MR) is 84.6 cm³/mol. The fraction of sp³-hybridized carbons (Fsp3) is 0.118. The van der Waals surface area contributed by atoms with Gasteiger partial charge in [0.2, 0.25) is 0 Å². The summed E-state index contributed by atoms with van der Waals surface area (Å²) in [6, 6.07) is 14.2. The quantitative estimate of drug-likeness (QED) is 0.788. The highest BCUT2D eigenvalue weighted by Gasteiger charge is 2.10. The van der Waals surface area contributed by atoms with Gasteiger partial charge >= 0.3 is 0 Å². The van der Waals surface area contributed by atoms with E-state index in [0.717, 1.165) is 16.9 Å². The zero-order valence-corrected chi connectivity index (χ0v) is 12.3. The minimum Gasteiger partial charge on any atom is -0.331 e. The molecule has 108 valence electrons. The first-order valence-corrected chi connectivity index (χ1v) is 6.83. The number of carbonyl (C=O) groups is 1. The van der Waals surface area contributed by atoms with Crippen LogP contribution in [0.1, 0.15) is 21.7 Å². The monoisotopic (exact) mass is 290 g/mol. The normalized spacial score (nSPS) is 10.4. The topological polar surface area (TPSA) is 70.7 Å². The number of hydrogen-bond acceptors (Lipinski definition) is 3. The summed E-state index contributed by atoms with van der Waals surface area (Å²) in [5.74, 6) is 0.703. The number of aryl methyl sites for hydroxylation is 2. The number of benzene rings is 2. The van der Waals surface area contributed by atoms with Crippen molar-refractivity contribution in [2.45, 2.75) is 6.92 Å². The molecule has 0 atom stereocenters. The Morgan fingerprint density at radius 3 is 2.64 bits per heavy atom. The highest BCUT2D eigenvalue weighted by molar-refractivity contribution is 6.06. The van der Waals surface area contributed by atoms with E-state index in [2.05, 4.69) is 10.3 Å². The van der Waals surface area contributed by atoms with Gasteiger partial charge in [-0.2, -0.15) is 5.26 Å². The van der Waals surface area contributed by atoms with E-state index in [4.69, 9.17) is 5.26 Å². The summed E-state index contributed by atoms with van der Waals surface area (Å²) < 4.78 is 1.98. The average Bonchev–Trinajstić information content (AvgIpc) is 2.82. The molecule has 22 heavy (non-hydrogen) atoms. The Hall–Kier alpha value is -3.13. The Morgan fingerprint density at radius 1 is 1.23 bits per heavy atom. The standard InChI is InChI=1S/C17H14N4O/c1-11-19-15-9-13(5-8-16(15)21(11)2)17(22)20-14-6-3-12(10-18)4-7-14/h3-9H,1-2H3,(H,20,22). The second-order valence-electron chi connectivity index (χ2n) is 5.06. The highest BCUT2D eigenvalue weighted by atomic mass is 16.1. The number of carbonyl (C=O) groups excluding carboxylic acids is 1. The van der Waals surface area contributed by atoms with Crippen molar-refractivity contribution in [1.29, 1.82) is 5.26 Å². The number of fused-ring (bicyclic) bond motifs is 1. The van der Waals surface area contributed by atoms with Crippen LogP contribution in [0.4, 0.5) is 5.69 Å². The molecular formula is C17H14N4O. The fourth-order valence-corrected chi connectivity index (χ4v) is 2.29. The molecule has 0 aliphatic rings. The fourth-order valence-electron chi connectivity index (χ4n) is 2.29. The van der Waals surface area contributed by atoms with E-state index in [1.54, 1.807) is 36.4 Å². The first-order chi connectivity index (χ1) is 10.6. The Labute approximate surface area is 127 Å². The average molecular weight is 290 g/mol. The van der Waals surface area contributed by atoms with Crippen molar-refractivity contribution >= 4 is 22.6 Å². The molecule has 1 amide bonds. The van der Waals surface area contributed by atoms with E-state index in [1.165, 1.54) is 0 Å². The Kier molecular flexibility index (Phi) is 3.36. The van der Waals surface area contributed by atoms with Crippen molar-refractivity contribution in [3.63, 3.8) is 0 Å². The largest absolute Gasteiger partial charge is 0.331 e. The lowest BCUT2D eigenvalue weighted by Gasteiger charge is -2.05. The van der Waals surface area contributed by atoms with Gasteiger partial charge in [-0.05, 0) is 49.4 Å². The van der Waals surface area contributed by atoms with Gasteiger partial charge in [-0.15, -0.1) is 0 Å². The van der Waals surface area contributed by atoms with Gasteiger partial charge in [0.15, 0.2) is 0 Å². The van der Waals surface area contributed by atoms with Gasteiger partial charge in [0.25, 0.3) is 5.91 Å². The summed E-state index contributed by atoms with van der Waals surface area (Å²) in [6.07, 6.45) is 0. The molecule has 1 heterocycles. The molecule has 1 aromatic heterocycles. The molecular weight excluding hydrogens is 276 g/mol. The van der Waals surface area contributed by atoms with Crippen molar-refractivity contribution in [2.24, 2.45) is 7.05 Å². The van der Waals surface area contributed by atoms with Gasteiger partial charge in [-0.25, -0.2) is 4.98 Å². The Bertz CT molecular complexity index is 901. The third-order valence-electron chi connectivity index (χ3n) is 3.64. The number of hydrogen-bond donors (Lipinski definition) is 1. The first kappa shape index (κ1) is 13.8. The van der Waals surface area contributed by atoms with Crippen LogP contribution in [0.2, 0.25) is 0 Å². The smallest absolute Gasteiger partial charge is 0.255 e. The number of rotatable bonds is 2. The van der Waals surface area contributed by atoms with E-state index < -0.39 is 0 Å². The summed E-state index contributed by atoms with van der Waals surface area (Å²) >= 11 is 0. The van der Waals surface area contributed by atoms with Crippen LogP contribution in [-0.4, -0.2) is 15.5 Å². The predicted octanol–water partition coefficient (Wildman–Crippen LogP) is 3.01. The number of aromatic nitrogens is 2. The minimum absolute atomic E-state index is 0.199. The molecule has 0 bridgehead atoms. The van der Waals surface area contributed by atoms with E-state index in [-0.39, 0.29) is 5.91 Å². The van der Waals surface area contributed by atoms with Crippen LogP contribution in [0.15, 0.2) is 42.5 Å². The summed E-state index contributed by atoms with van der Waals surface area (Å²) in [5.41, 5.74) is 3.56. The van der Waals surface area contributed by atoms with Crippen molar-refractivity contribution in [3.8, 4) is 6.07 Å². The minimum atomic E-state index is -0.199. The second-order valence-corrected chi connectivity index (χ2v) is 5.06. The molecule has 0 fully saturated rings. The molecule has 0 radical (unpaired) electrons. The molecule has 0 aliphatic carbocycles. The van der Waals surface area contributed by atoms with Crippen LogP contribution < -0.4 is 5.32 Å². The second kappa shape index (κ2) is 5.34. The van der Waals surface area contributed by atoms with Crippen LogP contribution >= 0.6 is 0 Å². The van der Waals surface area contributed by atoms with E-state index in [0.29, 0.717) is 16.8 Å². The van der Waals surface area contributed by atoms with Crippen LogP contribution in [0, 0.1) is 18.3 Å². The van der Waals surface area contributed by atoms with Gasteiger partial charge < -0.3 is 9.88 Å². The Morgan fingerprint density at radius 2 is 1.95 bits per heavy atom. The Balaban J connectivity index is 1.86. The molecule has 5 nitrogen and oxygen atoms in total. The molecule has 2 aromatic carbocycles. The van der Waals surface area contributed by atoms with Crippen molar-refractivity contribution in [3.05, 3.63) is 59.4 Å². The van der Waals surface area contributed by atoms with E-state index >= 15 is 0 Å². The molecule has 0 aliphatic heterocycles. The van der Waals surface area contributed by atoms with Gasteiger partial charge in [-0.3, -0.25) is 4.79 Å².